The van der Waals surface area contributed by atoms with Gasteiger partial charge in [0, 0.05) is 20.7 Å². The van der Waals surface area contributed by atoms with E-state index in [1.54, 1.807) is 0 Å². The Morgan fingerprint density at radius 2 is 1.64 bits per heavy atom. The SMILES string of the molecule is Cc1ccc(C(=O)C2C(c3ccccc3I)C(C#N)(C#N)C3C=Cc4ccccc4N23)cc1. The van der Waals surface area contributed by atoms with Crippen molar-refractivity contribution >= 4 is 40.1 Å². The van der Waals surface area contributed by atoms with Crippen molar-refractivity contribution in [1.82, 2.24) is 0 Å². The summed E-state index contributed by atoms with van der Waals surface area (Å²) in [5, 5.41) is 21.0. The van der Waals surface area contributed by atoms with Crippen molar-refractivity contribution in [1.29, 1.82) is 10.5 Å². The van der Waals surface area contributed by atoms with Crippen LogP contribution in [0.25, 0.3) is 6.08 Å². The number of anilines is 1. The molecule has 2 heterocycles. The number of fused-ring (bicyclic) bond motifs is 3. The van der Waals surface area contributed by atoms with Gasteiger partial charge >= 0.3 is 0 Å². The second-order valence-corrected chi connectivity index (χ2v) is 9.70. The molecule has 0 bridgehead atoms. The highest BCUT2D eigenvalue weighted by atomic mass is 127. The van der Waals surface area contributed by atoms with Crippen LogP contribution in [0, 0.1) is 38.6 Å². The Balaban J connectivity index is 1.80. The van der Waals surface area contributed by atoms with Crippen molar-refractivity contribution in [3.63, 3.8) is 0 Å². The lowest BCUT2D eigenvalue weighted by Crippen LogP contribution is -2.44. The van der Waals surface area contributed by atoms with Crippen LogP contribution in [0.2, 0.25) is 0 Å². The van der Waals surface area contributed by atoms with Gasteiger partial charge in [-0.1, -0.05) is 78.4 Å². The molecule has 0 saturated carbocycles. The third-order valence-electron chi connectivity index (χ3n) is 6.76. The maximum Gasteiger partial charge on any atom is 0.185 e. The van der Waals surface area contributed by atoms with E-state index in [1.165, 1.54) is 0 Å². The van der Waals surface area contributed by atoms with Crippen molar-refractivity contribution in [2.24, 2.45) is 5.41 Å². The zero-order valence-corrected chi connectivity index (χ0v) is 20.1. The Kier molecular flexibility index (Phi) is 5.31. The van der Waals surface area contributed by atoms with Gasteiger partial charge in [-0.25, -0.2) is 0 Å². The number of Topliss-reactive ketones (excluding diaryl/α,β-unsaturated/α-hetero) is 1. The molecule has 3 unspecified atom stereocenters. The van der Waals surface area contributed by atoms with Crippen LogP contribution in [0.3, 0.4) is 0 Å². The number of carbonyl (C=O) groups excluding carboxylic acids is 1. The lowest BCUT2D eigenvalue weighted by atomic mass is 9.69. The first-order valence-corrected chi connectivity index (χ1v) is 11.8. The smallest absolute Gasteiger partial charge is 0.185 e. The van der Waals surface area contributed by atoms with Gasteiger partial charge in [0.15, 0.2) is 11.2 Å². The third-order valence-corrected chi connectivity index (χ3v) is 7.74. The topological polar surface area (TPSA) is 67.9 Å². The number of hydrogen-bond donors (Lipinski definition) is 0. The molecule has 0 radical (unpaired) electrons. The summed E-state index contributed by atoms with van der Waals surface area (Å²) in [7, 11) is 0. The normalized spacial score (nSPS) is 22.1. The van der Waals surface area contributed by atoms with E-state index in [4.69, 9.17) is 0 Å². The van der Waals surface area contributed by atoms with E-state index in [-0.39, 0.29) is 5.78 Å². The fourth-order valence-corrected chi connectivity index (χ4v) is 5.92. The van der Waals surface area contributed by atoms with E-state index in [9.17, 15) is 15.3 Å². The number of halogens is 1. The first-order valence-electron chi connectivity index (χ1n) is 10.7. The molecule has 3 aromatic carbocycles. The number of aryl methyl sites for hydroxylation is 1. The van der Waals surface area contributed by atoms with Crippen molar-refractivity contribution < 1.29 is 4.79 Å². The molecule has 3 aromatic rings. The van der Waals surface area contributed by atoms with Gasteiger partial charge in [-0.15, -0.1) is 0 Å². The Bertz CT molecular complexity index is 1350. The van der Waals surface area contributed by atoms with Crippen LogP contribution in [-0.2, 0) is 0 Å². The van der Waals surface area contributed by atoms with Gasteiger partial charge in [0.1, 0.15) is 6.04 Å². The molecule has 160 valence electrons. The first-order chi connectivity index (χ1) is 16.0. The van der Waals surface area contributed by atoms with Crippen LogP contribution in [0.4, 0.5) is 5.69 Å². The summed E-state index contributed by atoms with van der Waals surface area (Å²) in [6.07, 6.45) is 3.88. The van der Waals surface area contributed by atoms with Gasteiger partial charge in [-0.3, -0.25) is 4.79 Å². The first kappa shape index (κ1) is 21.4. The highest BCUT2D eigenvalue weighted by Crippen LogP contribution is 2.56. The number of nitrogens with zero attached hydrogens (tertiary/aromatic N) is 3. The van der Waals surface area contributed by atoms with Gasteiger partial charge in [0.05, 0.1) is 18.2 Å². The molecular weight excluding hydrogens is 521 g/mol. The Morgan fingerprint density at radius 3 is 2.33 bits per heavy atom. The van der Waals surface area contributed by atoms with Crippen LogP contribution < -0.4 is 4.90 Å². The predicted molar refractivity (Wildman–Crippen MR) is 137 cm³/mol. The Hall–Kier alpha value is -3.42. The second-order valence-electron chi connectivity index (χ2n) is 8.54. The molecule has 5 rings (SSSR count). The number of nitriles is 2. The van der Waals surface area contributed by atoms with Crippen LogP contribution >= 0.6 is 22.6 Å². The Morgan fingerprint density at radius 1 is 0.970 bits per heavy atom. The van der Waals surface area contributed by atoms with Crippen LogP contribution in [0.1, 0.15) is 33.0 Å². The lowest BCUT2D eigenvalue weighted by molar-refractivity contribution is 0.0951. The molecule has 5 heteroatoms. The zero-order valence-electron chi connectivity index (χ0n) is 17.9. The van der Waals surface area contributed by atoms with E-state index in [2.05, 4.69) is 34.7 Å². The second kappa shape index (κ2) is 8.17. The highest BCUT2D eigenvalue weighted by molar-refractivity contribution is 14.1. The van der Waals surface area contributed by atoms with E-state index < -0.39 is 23.4 Å². The van der Waals surface area contributed by atoms with Gasteiger partial charge in [-0.05, 0) is 52.8 Å². The van der Waals surface area contributed by atoms with Gasteiger partial charge < -0.3 is 4.90 Å². The van der Waals surface area contributed by atoms with Crippen LogP contribution in [0.15, 0.2) is 78.9 Å². The number of para-hydroxylation sites is 1. The summed E-state index contributed by atoms with van der Waals surface area (Å²) in [5.41, 5.74) is 2.93. The molecule has 1 fully saturated rings. The monoisotopic (exact) mass is 541 g/mol. The van der Waals surface area contributed by atoms with Crippen molar-refractivity contribution in [2.75, 3.05) is 4.90 Å². The molecule has 0 spiro atoms. The number of benzene rings is 3. The summed E-state index contributed by atoms with van der Waals surface area (Å²) in [4.78, 5) is 16.2. The van der Waals surface area contributed by atoms with Gasteiger partial charge in [0.25, 0.3) is 0 Å². The zero-order chi connectivity index (χ0) is 23.2. The molecule has 1 saturated heterocycles. The van der Waals surface area contributed by atoms with Crippen molar-refractivity contribution in [3.8, 4) is 12.1 Å². The lowest BCUT2D eigenvalue weighted by Gasteiger charge is -2.35. The molecule has 3 atom stereocenters. The van der Waals surface area contributed by atoms with Gasteiger partial charge in [-0.2, -0.15) is 10.5 Å². The third kappa shape index (κ3) is 3.19. The van der Waals surface area contributed by atoms with E-state index in [1.807, 2.05) is 96.8 Å². The molecule has 0 N–H and O–H groups in total. The fraction of sp³-hybridized carbons (Fsp3) is 0.179. The summed E-state index contributed by atoms with van der Waals surface area (Å²) in [5.74, 6) is -0.697. The average Bonchev–Trinajstić information content (AvgIpc) is 3.15. The molecule has 4 nitrogen and oxygen atoms in total. The minimum atomic E-state index is -1.42. The minimum Gasteiger partial charge on any atom is -0.351 e. The minimum absolute atomic E-state index is 0.0814. The largest absolute Gasteiger partial charge is 0.351 e. The molecular formula is C28H20IN3O. The number of rotatable bonds is 3. The van der Waals surface area contributed by atoms with E-state index in [0.717, 1.165) is 25.9 Å². The molecule has 2 aliphatic heterocycles. The summed E-state index contributed by atoms with van der Waals surface area (Å²) >= 11 is 2.24. The Labute approximate surface area is 206 Å². The number of hydrogen-bond acceptors (Lipinski definition) is 4. The molecule has 0 aromatic heterocycles. The molecule has 2 aliphatic rings. The summed E-state index contributed by atoms with van der Waals surface area (Å²) in [6, 6.07) is 26.6. The van der Waals surface area contributed by atoms with Crippen molar-refractivity contribution in [3.05, 3.63) is 105 Å². The molecule has 33 heavy (non-hydrogen) atoms. The molecule has 0 aliphatic carbocycles. The summed E-state index contributed by atoms with van der Waals surface area (Å²) < 4.78 is 0.939. The van der Waals surface area contributed by atoms with E-state index in [0.29, 0.717) is 5.56 Å². The predicted octanol–water partition coefficient (Wildman–Crippen LogP) is 5.88. The highest BCUT2D eigenvalue weighted by Gasteiger charge is 2.63. The van der Waals surface area contributed by atoms with Gasteiger partial charge in [0.2, 0.25) is 0 Å². The average molecular weight is 541 g/mol. The number of carbonyl (C=O) groups is 1. The maximum absolute atomic E-state index is 14.2. The fourth-order valence-electron chi connectivity index (χ4n) is 5.19. The maximum atomic E-state index is 14.2. The van der Waals surface area contributed by atoms with Crippen molar-refractivity contribution in [2.45, 2.75) is 24.9 Å². The number of ketones is 1. The molecule has 0 amide bonds. The standard InChI is InChI=1S/C28H20IN3O/c1-18-10-12-20(13-11-18)27(33)26-25(21-7-3-4-8-22(21)29)28(16-30,17-31)24-15-14-19-6-2-5-9-23(19)32(24)26/h2-15,24-26H,1H3. The summed E-state index contributed by atoms with van der Waals surface area (Å²) in [6.45, 7) is 1.98. The quantitative estimate of drug-likeness (QED) is 0.307. The van der Waals surface area contributed by atoms with E-state index >= 15 is 0 Å². The van der Waals surface area contributed by atoms with Crippen LogP contribution in [0.5, 0.6) is 0 Å². The van der Waals surface area contributed by atoms with Crippen LogP contribution in [-0.4, -0.2) is 17.9 Å².